The summed E-state index contributed by atoms with van der Waals surface area (Å²) in [7, 11) is 0. The molecule has 1 aromatic heterocycles. The van der Waals surface area contributed by atoms with Crippen LogP contribution in [0.4, 0.5) is 13.2 Å². The van der Waals surface area contributed by atoms with Crippen LogP contribution < -0.4 is 14.8 Å². The van der Waals surface area contributed by atoms with Crippen LogP contribution in [0.25, 0.3) is 0 Å². The molecule has 1 heterocycles. The largest absolute Gasteiger partial charge is 0.489 e. The van der Waals surface area contributed by atoms with Crippen LogP contribution in [-0.2, 0) is 13.2 Å². The van der Waals surface area contributed by atoms with Crippen molar-refractivity contribution < 1.29 is 32.0 Å². The Morgan fingerprint density at radius 1 is 1.00 bits per heavy atom. The number of alkyl halides is 3. The van der Waals surface area contributed by atoms with Gasteiger partial charge in [-0.15, -0.1) is 0 Å². The van der Waals surface area contributed by atoms with E-state index in [9.17, 15) is 18.0 Å². The number of amides is 1. The number of aromatic nitrogens is 1. The molecule has 0 aliphatic heterocycles. The van der Waals surface area contributed by atoms with Gasteiger partial charge in [-0.1, -0.05) is 17.3 Å². The van der Waals surface area contributed by atoms with Crippen molar-refractivity contribution in [1.29, 1.82) is 0 Å². The molecule has 0 unspecified atom stereocenters. The van der Waals surface area contributed by atoms with Gasteiger partial charge in [-0.2, -0.15) is 13.2 Å². The normalized spacial score (nSPS) is 11.3. The summed E-state index contributed by atoms with van der Waals surface area (Å²) < 4.78 is 52.0. The Bertz CT molecular complexity index is 993. The molecule has 9 heteroatoms. The van der Waals surface area contributed by atoms with Crippen LogP contribution in [0, 0.1) is 13.8 Å². The minimum absolute atomic E-state index is 0.111. The zero-order valence-electron chi connectivity index (χ0n) is 17.0. The van der Waals surface area contributed by atoms with E-state index < -0.39 is 12.8 Å². The van der Waals surface area contributed by atoms with E-state index in [2.05, 4.69) is 15.2 Å². The number of hydrogen-bond donors (Lipinski definition) is 1. The molecule has 0 fully saturated rings. The van der Waals surface area contributed by atoms with Crippen LogP contribution in [0.2, 0.25) is 0 Å². The summed E-state index contributed by atoms with van der Waals surface area (Å²) in [6.45, 7) is 2.85. The third-order valence-corrected chi connectivity index (χ3v) is 4.46. The quantitative estimate of drug-likeness (QED) is 0.554. The lowest BCUT2D eigenvalue weighted by Crippen LogP contribution is -2.22. The van der Waals surface area contributed by atoms with E-state index in [1.165, 1.54) is 12.1 Å². The molecule has 0 atom stereocenters. The van der Waals surface area contributed by atoms with E-state index in [0.717, 1.165) is 16.8 Å². The second kappa shape index (κ2) is 9.55. The number of carbonyl (C=O) groups excluding carboxylic acids is 1. The summed E-state index contributed by atoms with van der Waals surface area (Å²) in [5, 5.41) is 6.63. The van der Waals surface area contributed by atoms with Crippen molar-refractivity contribution in [1.82, 2.24) is 10.5 Å². The van der Waals surface area contributed by atoms with Gasteiger partial charge in [0.1, 0.15) is 23.9 Å². The number of halogens is 3. The van der Waals surface area contributed by atoms with Gasteiger partial charge in [-0.05, 0) is 55.8 Å². The van der Waals surface area contributed by atoms with Crippen molar-refractivity contribution in [2.24, 2.45) is 0 Å². The predicted molar refractivity (Wildman–Crippen MR) is 106 cm³/mol. The molecule has 0 bridgehead atoms. The Kier molecular flexibility index (Phi) is 6.84. The van der Waals surface area contributed by atoms with E-state index in [1.54, 1.807) is 36.4 Å². The Balaban J connectivity index is 1.48. The van der Waals surface area contributed by atoms with Gasteiger partial charge in [-0.3, -0.25) is 4.79 Å². The average molecular weight is 434 g/mol. The standard InChI is InChI=1S/C22H21F3N2O4/c1-14-20(15(2)31-27-14)12-29-18-9-5-17(6-10-18)21(28)26-11-16-3-7-19(8-4-16)30-13-22(23,24)25/h3-10H,11-13H2,1-2H3,(H,26,28). The number of ether oxygens (including phenoxy) is 2. The third-order valence-electron chi connectivity index (χ3n) is 4.46. The minimum Gasteiger partial charge on any atom is -0.489 e. The molecular formula is C22H21F3N2O4. The monoisotopic (exact) mass is 434 g/mol. The topological polar surface area (TPSA) is 73.6 Å². The number of nitrogens with one attached hydrogen (secondary N) is 1. The number of hydrogen-bond acceptors (Lipinski definition) is 5. The van der Waals surface area contributed by atoms with E-state index in [1.807, 2.05) is 13.8 Å². The fourth-order valence-electron chi connectivity index (χ4n) is 2.72. The van der Waals surface area contributed by atoms with Crippen LogP contribution in [0.1, 0.15) is 32.9 Å². The Labute approximate surface area is 177 Å². The lowest BCUT2D eigenvalue weighted by molar-refractivity contribution is -0.153. The SMILES string of the molecule is Cc1noc(C)c1COc1ccc(C(=O)NCc2ccc(OCC(F)(F)F)cc2)cc1. The summed E-state index contributed by atoms with van der Waals surface area (Å²) >= 11 is 0. The molecule has 0 aliphatic rings. The lowest BCUT2D eigenvalue weighted by Gasteiger charge is -2.10. The first kappa shape index (κ1) is 22.2. The van der Waals surface area contributed by atoms with Gasteiger partial charge in [-0.25, -0.2) is 0 Å². The Morgan fingerprint density at radius 3 is 2.19 bits per heavy atom. The fourth-order valence-corrected chi connectivity index (χ4v) is 2.72. The van der Waals surface area contributed by atoms with Crippen molar-refractivity contribution in [2.45, 2.75) is 33.2 Å². The van der Waals surface area contributed by atoms with Crippen LogP contribution in [0.3, 0.4) is 0 Å². The zero-order chi connectivity index (χ0) is 22.4. The smallest absolute Gasteiger partial charge is 0.422 e. The molecule has 3 rings (SSSR count). The van der Waals surface area contributed by atoms with Crippen LogP contribution in [0.5, 0.6) is 11.5 Å². The number of benzene rings is 2. The van der Waals surface area contributed by atoms with Crippen LogP contribution in [0.15, 0.2) is 53.1 Å². The van der Waals surface area contributed by atoms with Crippen LogP contribution in [-0.4, -0.2) is 23.8 Å². The van der Waals surface area contributed by atoms with Gasteiger partial charge < -0.3 is 19.3 Å². The van der Waals surface area contributed by atoms with E-state index in [-0.39, 0.29) is 18.2 Å². The molecule has 0 radical (unpaired) electrons. The fraction of sp³-hybridized carbons (Fsp3) is 0.273. The first-order valence-electron chi connectivity index (χ1n) is 9.42. The lowest BCUT2D eigenvalue weighted by atomic mass is 10.2. The molecule has 1 N–H and O–H groups in total. The first-order valence-corrected chi connectivity index (χ1v) is 9.42. The van der Waals surface area contributed by atoms with Gasteiger partial charge >= 0.3 is 6.18 Å². The van der Waals surface area contributed by atoms with Crippen molar-refractivity contribution in [3.63, 3.8) is 0 Å². The molecule has 0 saturated carbocycles. The Morgan fingerprint density at radius 2 is 1.61 bits per heavy atom. The summed E-state index contributed by atoms with van der Waals surface area (Å²) in [4.78, 5) is 12.3. The van der Waals surface area contributed by atoms with Crippen molar-refractivity contribution >= 4 is 5.91 Å². The highest BCUT2D eigenvalue weighted by Crippen LogP contribution is 2.20. The van der Waals surface area contributed by atoms with Gasteiger partial charge in [0.2, 0.25) is 0 Å². The maximum absolute atomic E-state index is 12.3. The number of rotatable bonds is 8. The van der Waals surface area contributed by atoms with Gasteiger partial charge in [0.05, 0.1) is 11.3 Å². The van der Waals surface area contributed by atoms with E-state index >= 15 is 0 Å². The number of aryl methyl sites for hydroxylation is 2. The molecular weight excluding hydrogens is 413 g/mol. The maximum Gasteiger partial charge on any atom is 0.422 e. The summed E-state index contributed by atoms with van der Waals surface area (Å²) in [6.07, 6.45) is -4.39. The first-order chi connectivity index (χ1) is 14.7. The number of carbonyl (C=O) groups is 1. The van der Waals surface area contributed by atoms with E-state index in [0.29, 0.717) is 23.7 Å². The summed E-state index contributed by atoms with van der Waals surface area (Å²) in [5.74, 6) is 1.13. The minimum atomic E-state index is -4.39. The third kappa shape index (κ3) is 6.50. The molecule has 164 valence electrons. The highest BCUT2D eigenvalue weighted by molar-refractivity contribution is 5.94. The van der Waals surface area contributed by atoms with Gasteiger partial charge in [0, 0.05) is 12.1 Å². The summed E-state index contributed by atoms with van der Waals surface area (Å²) in [5.41, 5.74) is 2.84. The molecule has 0 aliphatic carbocycles. The molecule has 2 aromatic carbocycles. The van der Waals surface area contributed by atoms with Crippen molar-refractivity contribution in [3.05, 3.63) is 76.7 Å². The second-order valence-corrected chi connectivity index (χ2v) is 6.85. The summed E-state index contributed by atoms with van der Waals surface area (Å²) in [6, 6.07) is 12.7. The zero-order valence-corrected chi connectivity index (χ0v) is 17.0. The highest BCUT2D eigenvalue weighted by Gasteiger charge is 2.28. The molecule has 31 heavy (non-hydrogen) atoms. The van der Waals surface area contributed by atoms with E-state index in [4.69, 9.17) is 9.26 Å². The van der Waals surface area contributed by atoms with Crippen molar-refractivity contribution in [3.8, 4) is 11.5 Å². The maximum atomic E-state index is 12.3. The van der Waals surface area contributed by atoms with Gasteiger partial charge in [0.15, 0.2) is 6.61 Å². The van der Waals surface area contributed by atoms with Crippen molar-refractivity contribution in [2.75, 3.05) is 6.61 Å². The molecule has 1 amide bonds. The molecule has 0 saturated heterocycles. The van der Waals surface area contributed by atoms with Crippen LogP contribution >= 0.6 is 0 Å². The highest BCUT2D eigenvalue weighted by atomic mass is 19.4. The predicted octanol–water partition coefficient (Wildman–Crippen LogP) is 4.74. The average Bonchev–Trinajstić information content (AvgIpc) is 3.07. The molecule has 6 nitrogen and oxygen atoms in total. The van der Waals surface area contributed by atoms with Gasteiger partial charge in [0.25, 0.3) is 5.91 Å². The molecule has 0 spiro atoms. The Hall–Kier alpha value is -3.49. The second-order valence-electron chi connectivity index (χ2n) is 6.85. The molecule has 3 aromatic rings. The number of nitrogens with zero attached hydrogens (tertiary/aromatic N) is 1.